The summed E-state index contributed by atoms with van der Waals surface area (Å²) in [7, 11) is 0. The third kappa shape index (κ3) is 2.14. The van der Waals surface area contributed by atoms with Gasteiger partial charge in [-0.25, -0.2) is 0 Å². The van der Waals surface area contributed by atoms with Crippen molar-refractivity contribution < 1.29 is 4.92 Å². The second-order valence-corrected chi connectivity index (χ2v) is 4.64. The van der Waals surface area contributed by atoms with E-state index in [4.69, 9.17) is 0 Å². The van der Waals surface area contributed by atoms with Crippen molar-refractivity contribution in [3.63, 3.8) is 0 Å². The molecule has 0 fully saturated rings. The molecule has 0 N–H and O–H groups in total. The number of rotatable bonds is 2. The lowest BCUT2D eigenvalue weighted by atomic mass is 9.98. The molecule has 0 heterocycles. The normalized spacial score (nSPS) is 13.3. The van der Waals surface area contributed by atoms with Gasteiger partial charge < -0.3 is 0 Å². The number of hydrogen-bond donors (Lipinski definition) is 0. The monoisotopic (exact) mass is 263 g/mol. The van der Waals surface area contributed by atoms with Gasteiger partial charge in [-0.2, -0.15) is 0 Å². The van der Waals surface area contributed by atoms with Gasteiger partial charge in [0.15, 0.2) is 0 Å². The van der Waals surface area contributed by atoms with Gasteiger partial charge in [-0.1, -0.05) is 54.6 Å². The average molecular weight is 263 g/mol. The lowest BCUT2D eigenvalue weighted by Gasteiger charge is -2.06. The van der Waals surface area contributed by atoms with Crippen LogP contribution in [0.25, 0.3) is 11.6 Å². The maximum absolute atomic E-state index is 11.2. The van der Waals surface area contributed by atoms with Crippen LogP contribution >= 0.6 is 0 Å². The Morgan fingerprint density at radius 1 is 1.00 bits per heavy atom. The summed E-state index contributed by atoms with van der Waals surface area (Å²) in [5.41, 5.74) is 1.86. The van der Waals surface area contributed by atoms with Crippen LogP contribution in [-0.2, 0) is 0 Å². The summed E-state index contributed by atoms with van der Waals surface area (Å²) in [6, 6.07) is 14.9. The molecule has 20 heavy (non-hydrogen) atoms. The molecule has 2 aromatic rings. The van der Waals surface area contributed by atoms with Gasteiger partial charge in [0, 0.05) is 6.07 Å². The van der Waals surface area contributed by atoms with E-state index in [0.717, 1.165) is 16.0 Å². The molecule has 98 valence electrons. The van der Waals surface area contributed by atoms with E-state index in [-0.39, 0.29) is 10.6 Å². The van der Waals surface area contributed by atoms with Gasteiger partial charge in [0.1, 0.15) is 0 Å². The summed E-state index contributed by atoms with van der Waals surface area (Å²) >= 11 is 0. The largest absolute Gasteiger partial charge is 0.276 e. The van der Waals surface area contributed by atoms with Crippen molar-refractivity contribution in [1.82, 2.24) is 0 Å². The van der Waals surface area contributed by atoms with E-state index in [1.54, 1.807) is 12.1 Å². The van der Waals surface area contributed by atoms with Crippen LogP contribution in [0.2, 0.25) is 0 Å². The van der Waals surface area contributed by atoms with Gasteiger partial charge in [0.25, 0.3) is 5.69 Å². The van der Waals surface area contributed by atoms with Crippen molar-refractivity contribution in [2.75, 3.05) is 0 Å². The lowest BCUT2D eigenvalue weighted by molar-refractivity contribution is -0.385. The number of nitrogens with zero attached hydrogens (tertiary/aromatic N) is 1. The van der Waals surface area contributed by atoms with Crippen molar-refractivity contribution in [2.45, 2.75) is 6.42 Å². The minimum atomic E-state index is -0.316. The first-order chi connectivity index (χ1) is 9.77. The first-order valence-corrected chi connectivity index (χ1v) is 6.46. The lowest BCUT2D eigenvalue weighted by Crippen LogP contribution is -2.26. The van der Waals surface area contributed by atoms with Crippen LogP contribution in [0, 0.1) is 10.1 Å². The predicted molar refractivity (Wildman–Crippen MR) is 79.5 cm³/mol. The fraction of sp³-hybridized carbons (Fsp3) is 0.0588. The average Bonchev–Trinajstić information content (AvgIpc) is 2.69. The molecule has 0 aliphatic heterocycles. The number of allylic oxidation sites excluding steroid dienone is 2. The van der Waals surface area contributed by atoms with Gasteiger partial charge in [0.05, 0.1) is 10.5 Å². The molecule has 0 amide bonds. The maximum atomic E-state index is 11.2. The highest BCUT2D eigenvalue weighted by molar-refractivity contribution is 5.74. The van der Waals surface area contributed by atoms with Crippen LogP contribution in [0.3, 0.4) is 0 Å². The number of fused-ring (bicyclic) bond motifs is 1. The van der Waals surface area contributed by atoms with E-state index >= 15 is 0 Å². The molecular formula is C17H13NO2. The smallest absolute Gasteiger partial charge is 0.258 e. The Kier molecular flexibility index (Phi) is 3.17. The summed E-state index contributed by atoms with van der Waals surface area (Å²) in [6.07, 6.45) is 6.77. The number of benzene rings is 2. The number of nitro groups is 1. The summed E-state index contributed by atoms with van der Waals surface area (Å²) in [4.78, 5) is 10.9. The molecule has 0 radical (unpaired) electrons. The van der Waals surface area contributed by atoms with Gasteiger partial charge >= 0.3 is 0 Å². The van der Waals surface area contributed by atoms with Gasteiger partial charge in [-0.05, 0) is 28.5 Å². The van der Waals surface area contributed by atoms with E-state index in [9.17, 15) is 10.1 Å². The molecule has 2 aromatic carbocycles. The third-order valence-corrected chi connectivity index (χ3v) is 3.45. The number of para-hydroxylation sites is 1. The van der Waals surface area contributed by atoms with E-state index in [0.29, 0.717) is 12.0 Å². The fourth-order valence-electron chi connectivity index (χ4n) is 2.53. The Bertz CT molecular complexity index is 819. The molecule has 0 unspecified atom stereocenters. The minimum Gasteiger partial charge on any atom is -0.258 e. The molecule has 0 atom stereocenters. The third-order valence-electron chi connectivity index (χ3n) is 3.45. The van der Waals surface area contributed by atoms with Crippen molar-refractivity contribution in [3.8, 4) is 0 Å². The standard InChI is InChI=1S/C17H13NO2/c19-18(20)17-12-6-5-11-16(17)15-10-4-2-8-13-7-1-3-9-14(13)15/h1-9,11-12H,10H2. The summed E-state index contributed by atoms with van der Waals surface area (Å²) in [5, 5.41) is 13.4. The SMILES string of the molecule is O=[N+]([O-])c1ccccc1C1=c2ccccc2=CC=CC1. The van der Waals surface area contributed by atoms with Crippen molar-refractivity contribution in [1.29, 1.82) is 0 Å². The highest BCUT2D eigenvalue weighted by Crippen LogP contribution is 2.26. The molecule has 3 heteroatoms. The Balaban J connectivity index is 2.38. The van der Waals surface area contributed by atoms with E-state index in [1.807, 2.05) is 54.6 Å². The molecule has 3 nitrogen and oxygen atoms in total. The van der Waals surface area contributed by atoms with Crippen LogP contribution in [0.15, 0.2) is 60.7 Å². The van der Waals surface area contributed by atoms with Gasteiger partial charge in [-0.15, -0.1) is 0 Å². The summed E-state index contributed by atoms with van der Waals surface area (Å²) in [5.74, 6) is 0. The Morgan fingerprint density at radius 2 is 1.75 bits per heavy atom. The van der Waals surface area contributed by atoms with Crippen LogP contribution in [0.1, 0.15) is 12.0 Å². The molecule has 0 saturated heterocycles. The first-order valence-electron chi connectivity index (χ1n) is 6.46. The molecule has 0 spiro atoms. The van der Waals surface area contributed by atoms with E-state index in [2.05, 4.69) is 0 Å². The molecule has 0 bridgehead atoms. The highest BCUT2D eigenvalue weighted by Gasteiger charge is 2.16. The fourth-order valence-corrected chi connectivity index (χ4v) is 2.53. The number of nitro benzene ring substituents is 1. The maximum Gasteiger partial charge on any atom is 0.276 e. The topological polar surface area (TPSA) is 43.1 Å². The predicted octanol–water partition coefficient (Wildman–Crippen LogP) is 2.53. The minimum absolute atomic E-state index is 0.160. The van der Waals surface area contributed by atoms with Crippen molar-refractivity contribution in [3.05, 3.63) is 86.8 Å². The number of hydrogen-bond acceptors (Lipinski definition) is 2. The molecule has 1 aliphatic rings. The van der Waals surface area contributed by atoms with Crippen LogP contribution in [0.4, 0.5) is 5.69 Å². The van der Waals surface area contributed by atoms with Crippen LogP contribution in [0.5, 0.6) is 0 Å². The molecule has 1 aliphatic carbocycles. The van der Waals surface area contributed by atoms with Crippen molar-refractivity contribution >= 4 is 17.3 Å². The second kappa shape index (κ2) is 5.13. The Hall–Kier alpha value is -2.68. The van der Waals surface area contributed by atoms with Gasteiger partial charge in [0.2, 0.25) is 0 Å². The Morgan fingerprint density at radius 3 is 2.60 bits per heavy atom. The zero-order chi connectivity index (χ0) is 13.9. The van der Waals surface area contributed by atoms with Gasteiger partial charge in [-0.3, -0.25) is 10.1 Å². The van der Waals surface area contributed by atoms with Crippen molar-refractivity contribution in [2.24, 2.45) is 0 Å². The summed E-state index contributed by atoms with van der Waals surface area (Å²) < 4.78 is 0. The van der Waals surface area contributed by atoms with E-state index < -0.39 is 0 Å². The van der Waals surface area contributed by atoms with Crippen LogP contribution < -0.4 is 10.4 Å². The first kappa shape index (κ1) is 12.4. The molecule has 0 aromatic heterocycles. The molecule has 0 saturated carbocycles. The Labute approximate surface area is 116 Å². The van der Waals surface area contributed by atoms with E-state index in [1.165, 1.54) is 0 Å². The highest BCUT2D eigenvalue weighted by atomic mass is 16.6. The van der Waals surface area contributed by atoms with Crippen LogP contribution in [-0.4, -0.2) is 4.92 Å². The summed E-state index contributed by atoms with van der Waals surface area (Å²) in [6.45, 7) is 0. The zero-order valence-electron chi connectivity index (χ0n) is 10.8. The second-order valence-electron chi connectivity index (χ2n) is 4.64. The molecule has 3 rings (SSSR count). The zero-order valence-corrected chi connectivity index (χ0v) is 10.8. The molecular weight excluding hydrogens is 250 g/mol. The quantitative estimate of drug-likeness (QED) is 0.617.